The average Bonchev–Trinajstić information content (AvgIpc) is 2.93. The first-order valence-corrected chi connectivity index (χ1v) is 6.89. The lowest BCUT2D eigenvalue weighted by Crippen LogP contribution is -2.36. The second kappa shape index (κ2) is 4.50. The van der Waals surface area contributed by atoms with Crippen LogP contribution in [0.4, 0.5) is 0 Å². The number of hydrogen-bond donors (Lipinski definition) is 2. The SMILES string of the molecule is OCCC(NCC1CC2C=CC1C2)C1CC1. The van der Waals surface area contributed by atoms with Gasteiger partial charge in [-0.3, -0.25) is 0 Å². The van der Waals surface area contributed by atoms with Gasteiger partial charge >= 0.3 is 0 Å². The van der Waals surface area contributed by atoms with Crippen LogP contribution in [0.25, 0.3) is 0 Å². The van der Waals surface area contributed by atoms with Crippen LogP contribution in [-0.2, 0) is 0 Å². The summed E-state index contributed by atoms with van der Waals surface area (Å²) in [4.78, 5) is 0. The summed E-state index contributed by atoms with van der Waals surface area (Å²) < 4.78 is 0. The zero-order chi connectivity index (χ0) is 11.0. The first-order valence-electron chi connectivity index (χ1n) is 6.89. The summed E-state index contributed by atoms with van der Waals surface area (Å²) in [6, 6.07) is 0.591. The Hall–Kier alpha value is -0.340. The van der Waals surface area contributed by atoms with Crippen LogP contribution in [0, 0.1) is 23.7 Å². The smallest absolute Gasteiger partial charge is 0.0445 e. The van der Waals surface area contributed by atoms with E-state index in [0.29, 0.717) is 12.6 Å². The van der Waals surface area contributed by atoms with Gasteiger partial charge in [0.25, 0.3) is 0 Å². The van der Waals surface area contributed by atoms with Crippen molar-refractivity contribution >= 4 is 0 Å². The van der Waals surface area contributed by atoms with Crippen molar-refractivity contribution < 1.29 is 5.11 Å². The predicted octanol–water partition coefficient (Wildman–Crippen LogP) is 1.95. The number of nitrogens with one attached hydrogen (secondary N) is 1. The molecule has 3 rings (SSSR count). The van der Waals surface area contributed by atoms with Gasteiger partial charge in [0.05, 0.1) is 0 Å². The third-order valence-electron chi connectivity index (χ3n) is 4.69. The quantitative estimate of drug-likeness (QED) is 0.672. The fourth-order valence-corrected chi connectivity index (χ4v) is 3.57. The van der Waals surface area contributed by atoms with Crippen LogP contribution in [0.2, 0.25) is 0 Å². The molecule has 0 aliphatic heterocycles. The van der Waals surface area contributed by atoms with Crippen molar-refractivity contribution in [1.82, 2.24) is 5.32 Å². The van der Waals surface area contributed by atoms with Gasteiger partial charge < -0.3 is 10.4 Å². The van der Waals surface area contributed by atoms with E-state index in [0.717, 1.165) is 30.1 Å². The molecule has 0 aromatic heterocycles. The van der Waals surface area contributed by atoms with Gasteiger partial charge in [-0.05, 0) is 62.3 Å². The van der Waals surface area contributed by atoms with Crippen LogP contribution >= 0.6 is 0 Å². The van der Waals surface area contributed by atoms with E-state index in [2.05, 4.69) is 17.5 Å². The molecule has 0 heterocycles. The first-order chi connectivity index (χ1) is 7.86. The van der Waals surface area contributed by atoms with Crippen LogP contribution in [-0.4, -0.2) is 24.3 Å². The summed E-state index contributed by atoms with van der Waals surface area (Å²) in [5, 5.41) is 12.8. The van der Waals surface area contributed by atoms with Gasteiger partial charge in [0, 0.05) is 12.6 Å². The molecule has 0 spiro atoms. The minimum atomic E-state index is 0.338. The first kappa shape index (κ1) is 10.8. The Kier molecular flexibility index (Phi) is 3.03. The lowest BCUT2D eigenvalue weighted by atomic mass is 9.93. The standard InChI is InChI=1S/C14H23NO/c16-6-5-14(11-3-4-11)15-9-13-8-10-1-2-12(13)7-10/h1-2,10-16H,3-9H2. The van der Waals surface area contributed by atoms with Crippen LogP contribution in [0.3, 0.4) is 0 Å². The Labute approximate surface area is 98.1 Å². The third-order valence-corrected chi connectivity index (χ3v) is 4.69. The van der Waals surface area contributed by atoms with E-state index in [1.165, 1.54) is 32.2 Å². The largest absolute Gasteiger partial charge is 0.396 e. The molecular formula is C14H23NO. The number of hydrogen-bond acceptors (Lipinski definition) is 2. The van der Waals surface area contributed by atoms with E-state index < -0.39 is 0 Å². The summed E-state index contributed by atoms with van der Waals surface area (Å²) in [6.45, 7) is 1.51. The molecule has 4 unspecified atom stereocenters. The molecule has 2 N–H and O–H groups in total. The lowest BCUT2D eigenvalue weighted by molar-refractivity contribution is 0.249. The maximum Gasteiger partial charge on any atom is 0.0445 e. The minimum absolute atomic E-state index is 0.338. The zero-order valence-electron chi connectivity index (χ0n) is 9.94. The monoisotopic (exact) mass is 221 g/mol. The second-order valence-electron chi connectivity index (χ2n) is 5.90. The Morgan fingerprint density at radius 1 is 1.25 bits per heavy atom. The number of aliphatic hydroxyl groups excluding tert-OH is 1. The molecule has 0 aromatic carbocycles. The van der Waals surface area contributed by atoms with E-state index in [9.17, 15) is 0 Å². The summed E-state index contributed by atoms with van der Waals surface area (Å²) in [5.74, 6) is 3.47. The molecule has 0 aromatic rings. The van der Waals surface area contributed by atoms with E-state index in [1.807, 2.05) is 0 Å². The fraction of sp³-hybridized carbons (Fsp3) is 0.857. The summed E-state index contributed by atoms with van der Waals surface area (Å²) in [7, 11) is 0. The van der Waals surface area contributed by atoms with Crippen molar-refractivity contribution in [3.63, 3.8) is 0 Å². The fourth-order valence-electron chi connectivity index (χ4n) is 3.57. The van der Waals surface area contributed by atoms with Gasteiger partial charge in [-0.2, -0.15) is 0 Å². The van der Waals surface area contributed by atoms with Crippen molar-refractivity contribution in [1.29, 1.82) is 0 Å². The van der Waals surface area contributed by atoms with Gasteiger partial charge in [0.15, 0.2) is 0 Å². The van der Waals surface area contributed by atoms with Gasteiger partial charge in [0.2, 0.25) is 0 Å². The Morgan fingerprint density at radius 3 is 2.69 bits per heavy atom. The van der Waals surface area contributed by atoms with E-state index in [1.54, 1.807) is 0 Å². The number of rotatable bonds is 6. The van der Waals surface area contributed by atoms with Crippen LogP contribution in [0.5, 0.6) is 0 Å². The van der Waals surface area contributed by atoms with Crippen LogP contribution < -0.4 is 5.32 Å². The minimum Gasteiger partial charge on any atom is -0.396 e. The highest BCUT2D eigenvalue weighted by atomic mass is 16.3. The molecule has 90 valence electrons. The molecule has 3 aliphatic carbocycles. The van der Waals surface area contributed by atoms with Gasteiger partial charge in [-0.1, -0.05) is 12.2 Å². The highest BCUT2D eigenvalue weighted by molar-refractivity contribution is 5.10. The molecule has 0 amide bonds. The van der Waals surface area contributed by atoms with E-state index in [-0.39, 0.29) is 0 Å². The molecule has 2 saturated carbocycles. The molecule has 4 atom stereocenters. The zero-order valence-corrected chi connectivity index (χ0v) is 9.94. The Bertz CT molecular complexity index is 272. The maximum atomic E-state index is 9.06. The third kappa shape index (κ3) is 2.18. The summed E-state index contributed by atoms with van der Waals surface area (Å²) in [5.41, 5.74) is 0. The van der Waals surface area contributed by atoms with Crippen LogP contribution in [0.1, 0.15) is 32.1 Å². The molecule has 2 nitrogen and oxygen atoms in total. The predicted molar refractivity (Wildman–Crippen MR) is 65.1 cm³/mol. The van der Waals surface area contributed by atoms with Crippen molar-refractivity contribution in [2.75, 3.05) is 13.2 Å². The highest BCUT2D eigenvalue weighted by Crippen LogP contribution is 2.43. The van der Waals surface area contributed by atoms with E-state index >= 15 is 0 Å². The molecule has 0 saturated heterocycles. The molecule has 16 heavy (non-hydrogen) atoms. The van der Waals surface area contributed by atoms with Crippen molar-refractivity contribution in [2.45, 2.75) is 38.1 Å². The van der Waals surface area contributed by atoms with Gasteiger partial charge in [-0.15, -0.1) is 0 Å². The van der Waals surface area contributed by atoms with Crippen molar-refractivity contribution in [2.24, 2.45) is 23.7 Å². The number of aliphatic hydroxyl groups is 1. The van der Waals surface area contributed by atoms with Gasteiger partial charge in [0.1, 0.15) is 0 Å². The molecule has 3 aliphatic rings. The summed E-state index contributed by atoms with van der Waals surface area (Å²) >= 11 is 0. The van der Waals surface area contributed by atoms with E-state index in [4.69, 9.17) is 5.11 Å². The molecule has 2 heteroatoms. The Balaban J connectivity index is 1.46. The van der Waals surface area contributed by atoms with Gasteiger partial charge in [-0.25, -0.2) is 0 Å². The van der Waals surface area contributed by atoms with Crippen LogP contribution in [0.15, 0.2) is 12.2 Å². The summed E-state index contributed by atoms with van der Waals surface area (Å²) in [6.07, 6.45) is 11.3. The topological polar surface area (TPSA) is 32.3 Å². The lowest BCUT2D eigenvalue weighted by Gasteiger charge is -2.23. The second-order valence-corrected chi connectivity index (χ2v) is 5.90. The highest BCUT2D eigenvalue weighted by Gasteiger charge is 2.37. The molecular weight excluding hydrogens is 198 g/mol. The average molecular weight is 221 g/mol. The molecule has 2 fully saturated rings. The molecule has 2 bridgehead atoms. The Morgan fingerprint density at radius 2 is 2.12 bits per heavy atom. The number of fused-ring (bicyclic) bond motifs is 2. The normalized spacial score (nSPS) is 38.2. The maximum absolute atomic E-state index is 9.06. The van der Waals surface area contributed by atoms with Crippen molar-refractivity contribution in [3.8, 4) is 0 Å². The van der Waals surface area contributed by atoms with Crippen molar-refractivity contribution in [3.05, 3.63) is 12.2 Å². The number of allylic oxidation sites excluding steroid dienone is 2. The molecule has 0 radical (unpaired) electrons.